The molecule has 3 nitrogen and oxygen atoms in total. The second-order valence-electron chi connectivity index (χ2n) is 5.98. The number of carbonyl (C=O) groups excluding carboxylic acids is 2. The maximum Gasteiger partial charge on any atom is 0.196 e. The molecular weight excluding hydrogens is 322 g/mol. The van der Waals surface area contributed by atoms with Crippen molar-refractivity contribution in [1.29, 1.82) is 5.26 Å². The molecule has 0 radical (unpaired) electrons. The van der Waals surface area contributed by atoms with Crippen LogP contribution in [0.15, 0.2) is 78.9 Å². The molecule has 3 aromatic rings. The van der Waals surface area contributed by atoms with Crippen molar-refractivity contribution < 1.29 is 9.59 Å². The van der Waals surface area contributed by atoms with Gasteiger partial charge in [0, 0.05) is 16.7 Å². The van der Waals surface area contributed by atoms with Crippen LogP contribution in [0.25, 0.3) is 11.1 Å². The van der Waals surface area contributed by atoms with Gasteiger partial charge in [-0.1, -0.05) is 72.8 Å². The van der Waals surface area contributed by atoms with E-state index in [0.29, 0.717) is 22.3 Å². The first-order valence-corrected chi connectivity index (χ1v) is 8.20. The molecule has 4 rings (SSSR count). The molecule has 0 saturated heterocycles. The number of rotatable bonds is 2. The van der Waals surface area contributed by atoms with E-state index in [0.717, 1.165) is 0 Å². The highest BCUT2D eigenvalue weighted by molar-refractivity contribution is 6.52. The van der Waals surface area contributed by atoms with Crippen LogP contribution in [0.5, 0.6) is 0 Å². The van der Waals surface area contributed by atoms with Crippen molar-refractivity contribution in [3.8, 4) is 6.07 Å². The van der Waals surface area contributed by atoms with E-state index in [1.54, 1.807) is 18.2 Å². The fourth-order valence-corrected chi connectivity index (χ4v) is 3.33. The molecule has 1 aliphatic rings. The van der Waals surface area contributed by atoms with Crippen LogP contribution >= 0.6 is 0 Å². The number of ketones is 2. The lowest BCUT2D eigenvalue weighted by Gasteiger charge is -2.22. The lowest BCUT2D eigenvalue weighted by Crippen LogP contribution is -2.22. The van der Waals surface area contributed by atoms with Crippen molar-refractivity contribution >= 4 is 22.7 Å². The van der Waals surface area contributed by atoms with Crippen LogP contribution in [0.1, 0.15) is 37.4 Å². The SMILES string of the molecule is N#Cc1cccc2c1C(=O)C(c1ccccc1)=C(c1ccccc1)C2=O. The number of nitrogens with zero attached hydrogens (tertiary/aromatic N) is 1. The fourth-order valence-electron chi connectivity index (χ4n) is 3.33. The first-order valence-electron chi connectivity index (χ1n) is 8.20. The average Bonchev–Trinajstić information content (AvgIpc) is 2.71. The summed E-state index contributed by atoms with van der Waals surface area (Å²) in [7, 11) is 0. The molecule has 26 heavy (non-hydrogen) atoms. The number of hydrogen-bond acceptors (Lipinski definition) is 3. The summed E-state index contributed by atoms with van der Waals surface area (Å²) in [5, 5.41) is 9.41. The molecule has 0 spiro atoms. The van der Waals surface area contributed by atoms with Crippen LogP contribution in [0.3, 0.4) is 0 Å². The molecule has 3 heteroatoms. The quantitative estimate of drug-likeness (QED) is 0.690. The Morgan fingerprint density at radius 3 is 1.69 bits per heavy atom. The number of allylic oxidation sites excluding steroid dienone is 2. The van der Waals surface area contributed by atoms with Gasteiger partial charge in [-0.05, 0) is 17.2 Å². The summed E-state index contributed by atoms with van der Waals surface area (Å²) in [4.78, 5) is 26.7. The molecule has 122 valence electrons. The van der Waals surface area contributed by atoms with Crippen molar-refractivity contribution in [3.63, 3.8) is 0 Å². The Kier molecular flexibility index (Phi) is 3.79. The van der Waals surface area contributed by atoms with E-state index in [9.17, 15) is 14.9 Å². The van der Waals surface area contributed by atoms with Gasteiger partial charge < -0.3 is 0 Å². The number of nitriles is 1. The smallest absolute Gasteiger partial charge is 0.196 e. The molecule has 0 aromatic heterocycles. The molecule has 0 fully saturated rings. The van der Waals surface area contributed by atoms with Crippen LogP contribution in [-0.2, 0) is 0 Å². The number of hydrogen-bond donors (Lipinski definition) is 0. The molecule has 3 aromatic carbocycles. The van der Waals surface area contributed by atoms with E-state index in [-0.39, 0.29) is 28.3 Å². The third kappa shape index (κ3) is 2.37. The van der Waals surface area contributed by atoms with Crippen LogP contribution in [0.2, 0.25) is 0 Å². The van der Waals surface area contributed by atoms with E-state index in [4.69, 9.17) is 0 Å². The van der Waals surface area contributed by atoms with Gasteiger partial charge in [-0.2, -0.15) is 5.26 Å². The highest BCUT2D eigenvalue weighted by Crippen LogP contribution is 2.38. The average molecular weight is 335 g/mol. The monoisotopic (exact) mass is 335 g/mol. The van der Waals surface area contributed by atoms with Crippen molar-refractivity contribution in [2.45, 2.75) is 0 Å². The highest BCUT2D eigenvalue weighted by atomic mass is 16.1. The van der Waals surface area contributed by atoms with Crippen molar-refractivity contribution in [2.75, 3.05) is 0 Å². The Bertz CT molecular complexity index is 1100. The normalized spacial score (nSPS) is 13.3. The molecule has 0 aliphatic heterocycles. The second kappa shape index (κ2) is 6.27. The summed E-state index contributed by atoms with van der Waals surface area (Å²) < 4.78 is 0. The van der Waals surface area contributed by atoms with E-state index in [1.807, 2.05) is 66.7 Å². The van der Waals surface area contributed by atoms with E-state index in [2.05, 4.69) is 0 Å². The van der Waals surface area contributed by atoms with Crippen LogP contribution in [0, 0.1) is 11.3 Å². The third-order valence-corrected chi connectivity index (χ3v) is 4.49. The predicted molar refractivity (Wildman–Crippen MR) is 99.5 cm³/mol. The van der Waals surface area contributed by atoms with Crippen molar-refractivity contribution in [2.24, 2.45) is 0 Å². The van der Waals surface area contributed by atoms with Crippen LogP contribution in [0.4, 0.5) is 0 Å². The minimum Gasteiger partial charge on any atom is -0.289 e. The molecule has 0 saturated carbocycles. The predicted octanol–water partition coefficient (Wildman–Crippen LogP) is 4.55. The van der Waals surface area contributed by atoms with Gasteiger partial charge in [-0.15, -0.1) is 0 Å². The number of Topliss-reactive ketones (excluding diaryl/α,β-unsaturated/α-hetero) is 2. The van der Waals surface area contributed by atoms with Gasteiger partial charge in [0.1, 0.15) is 0 Å². The minimum absolute atomic E-state index is 0.193. The Labute approximate surface area is 150 Å². The lowest BCUT2D eigenvalue weighted by molar-refractivity contribution is 0.101. The summed E-state index contributed by atoms with van der Waals surface area (Å²) in [5.74, 6) is -0.524. The molecule has 0 amide bonds. The highest BCUT2D eigenvalue weighted by Gasteiger charge is 2.35. The first-order chi connectivity index (χ1) is 12.7. The van der Waals surface area contributed by atoms with Gasteiger partial charge >= 0.3 is 0 Å². The molecule has 0 atom stereocenters. The standard InChI is InChI=1S/C23H13NO2/c24-14-17-12-7-13-18-19(17)23(26)21(16-10-5-2-6-11-16)20(22(18)25)15-8-3-1-4-9-15/h1-13H. The van der Waals surface area contributed by atoms with Crippen molar-refractivity contribution in [1.82, 2.24) is 0 Å². The topological polar surface area (TPSA) is 57.9 Å². The fraction of sp³-hybridized carbons (Fsp3) is 0. The molecule has 0 unspecified atom stereocenters. The number of benzene rings is 3. The lowest BCUT2D eigenvalue weighted by atomic mass is 9.77. The zero-order valence-electron chi connectivity index (χ0n) is 13.8. The van der Waals surface area contributed by atoms with Gasteiger partial charge in [0.05, 0.1) is 17.2 Å². The zero-order chi connectivity index (χ0) is 18.1. The summed E-state index contributed by atoms with van der Waals surface area (Å²) in [5.41, 5.74) is 2.79. The maximum absolute atomic E-state index is 13.4. The molecule has 0 heterocycles. The Morgan fingerprint density at radius 2 is 1.15 bits per heavy atom. The van der Waals surface area contributed by atoms with E-state index < -0.39 is 0 Å². The summed E-state index contributed by atoms with van der Waals surface area (Å²) in [6.07, 6.45) is 0. The first kappa shape index (κ1) is 15.7. The molecule has 1 aliphatic carbocycles. The van der Waals surface area contributed by atoms with Gasteiger partial charge in [0.2, 0.25) is 0 Å². The van der Waals surface area contributed by atoms with Gasteiger partial charge in [-0.25, -0.2) is 0 Å². The molecular formula is C23H13NO2. The molecule has 0 N–H and O–H groups in total. The summed E-state index contributed by atoms with van der Waals surface area (Å²) >= 11 is 0. The Morgan fingerprint density at radius 1 is 0.615 bits per heavy atom. The molecule has 0 bridgehead atoms. The Balaban J connectivity index is 2.09. The second-order valence-corrected chi connectivity index (χ2v) is 5.98. The third-order valence-electron chi connectivity index (χ3n) is 4.49. The van der Waals surface area contributed by atoms with Crippen LogP contribution < -0.4 is 0 Å². The van der Waals surface area contributed by atoms with Gasteiger partial charge in [-0.3, -0.25) is 9.59 Å². The van der Waals surface area contributed by atoms with E-state index >= 15 is 0 Å². The summed E-state index contributed by atoms with van der Waals surface area (Å²) in [6, 6.07) is 25.2. The van der Waals surface area contributed by atoms with Crippen molar-refractivity contribution in [3.05, 3.63) is 107 Å². The maximum atomic E-state index is 13.4. The Hall–Kier alpha value is -3.77. The van der Waals surface area contributed by atoms with Gasteiger partial charge in [0.25, 0.3) is 0 Å². The minimum atomic E-state index is -0.290. The largest absolute Gasteiger partial charge is 0.289 e. The number of carbonyl (C=O) groups is 2. The van der Waals surface area contributed by atoms with Crippen LogP contribution in [-0.4, -0.2) is 11.6 Å². The number of fused-ring (bicyclic) bond motifs is 1. The van der Waals surface area contributed by atoms with E-state index in [1.165, 1.54) is 0 Å². The zero-order valence-corrected chi connectivity index (χ0v) is 13.8. The summed E-state index contributed by atoms with van der Waals surface area (Å²) in [6.45, 7) is 0. The van der Waals surface area contributed by atoms with Gasteiger partial charge in [0.15, 0.2) is 11.6 Å².